The maximum Gasteiger partial charge on any atom is 0.0795 e. The van der Waals surface area contributed by atoms with Crippen molar-refractivity contribution < 1.29 is 0 Å². The number of aromatic nitrogens is 1. The Hall–Kier alpha value is -6.13. The Labute approximate surface area is 261 Å². The molecule has 0 radical (unpaired) electrons. The normalized spacial score (nSPS) is 12.7. The molecule has 1 aromatic heterocycles. The molecule has 0 bridgehead atoms. The maximum absolute atomic E-state index is 7.49. The van der Waals surface area contributed by atoms with Gasteiger partial charge in [-0.1, -0.05) is 109 Å². The Balaban J connectivity index is 0.000000195. The summed E-state index contributed by atoms with van der Waals surface area (Å²) in [4.78, 5) is 4.18. The summed E-state index contributed by atoms with van der Waals surface area (Å²) < 4.78 is 0. The van der Waals surface area contributed by atoms with Crippen molar-refractivity contribution in [3.8, 4) is 22.3 Å². The van der Waals surface area contributed by atoms with Crippen LogP contribution in [-0.2, 0) is 0 Å². The molecule has 4 nitrogen and oxygen atoms in total. The standard InChI is InChI=1S/C30H21N.C11H9N3/c31-24-17-15-21(16-18-24)29-25-9-3-5-11-27(25)30(28-12-6-4-10-26(28)29)23-14-13-20-7-1-2-8-22(20)19-23;12-9-5-4-8(7-10(9)13)11-3-1-2-6-14-11/h1-19H,31H2;1-7,12-13H. The predicted octanol–water partition coefficient (Wildman–Crippen LogP) is 10.1. The van der Waals surface area contributed by atoms with E-state index in [-0.39, 0.29) is 11.4 Å². The van der Waals surface area contributed by atoms with Crippen LogP contribution in [0, 0.1) is 10.8 Å². The number of nitrogens with zero attached hydrogens (tertiary/aromatic N) is 1. The van der Waals surface area contributed by atoms with Gasteiger partial charge in [-0.25, -0.2) is 0 Å². The van der Waals surface area contributed by atoms with Gasteiger partial charge in [-0.15, -0.1) is 0 Å². The topological polar surface area (TPSA) is 86.6 Å². The van der Waals surface area contributed by atoms with E-state index >= 15 is 0 Å². The van der Waals surface area contributed by atoms with Crippen molar-refractivity contribution >= 4 is 55.0 Å². The first-order valence-corrected chi connectivity index (χ1v) is 14.8. The van der Waals surface area contributed by atoms with E-state index in [0.29, 0.717) is 0 Å². The average molecular weight is 579 g/mol. The molecule has 214 valence electrons. The van der Waals surface area contributed by atoms with Gasteiger partial charge >= 0.3 is 0 Å². The van der Waals surface area contributed by atoms with Gasteiger partial charge in [0.15, 0.2) is 0 Å². The summed E-state index contributed by atoms with van der Waals surface area (Å²) in [5.74, 6) is 0. The molecule has 0 spiro atoms. The van der Waals surface area contributed by atoms with Crippen molar-refractivity contribution in [3.05, 3.63) is 164 Å². The summed E-state index contributed by atoms with van der Waals surface area (Å²) in [5, 5.41) is 22.4. The van der Waals surface area contributed by atoms with E-state index in [1.807, 2.05) is 36.4 Å². The number of hydrogen-bond donors (Lipinski definition) is 3. The fourth-order valence-electron chi connectivity index (χ4n) is 5.98. The number of hydrogen-bond acceptors (Lipinski definition) is 4. The van der Waals surface area contributed by atoms with Crippen LogP contribution < -0.4 is 5.73 Å². The minimum absolute atomic E-state index is 0.230. The molecule has 45 heavy (non-hydrogen) atoms. The van der Waals surface area contributed by atoms with Crippen molar-refractivity contribution in [1.82, 2.24) is 4.98 Å². The summed E-state index contributed by atoms with van der Waals surface area (Å²) in [5.41, 5.74) is 13.9. The van der Waals surface area contributed by atoms with Gasteiger partial charge in [-0.05, 0) is 97.1 Å². The van der Waals surface area contributed by atoms with E-state index in [0.717, 1.165) is 17.0 Å². The molecular formula is C41H30N4. The summed E-state index contributed by atoms with van der Waals surface area (Å²) in [7, 11) is 0. The first-order chi connectivity index (χ1) is 22.1. The van der Waals surface area contributed by atoms with Gasteiger partial charge in [0, 0.05) is 17.5 Å². The second-order valence-electron chi connectivity index (χ2n) is 11.0. The zero-order chi connectivity index (χ0) is 30.8. The molecule has 0 fully saturated rings. The monoisotopic (exact) mass is 578 g/mol. The van der Waals surface area contributed by atoms with Gasteiger partial charge in [-0.2, -0.15) is 0 Å². The number of rotatable bonds is 3. The first-order valence-electron chi connectivity index (χ1n) is 14.8. The van der Waals surface area contributed by atoms with Crippen molar-refractivity contribution in [2.75, 3.05) is 5.73 Å². The minimum Gasteiger partial charge on any atom is -0.399 e. The number of pyridine rings is 1. The average Bonchev–Trinajstić information content (AvgIpc) is 3.09. The lowest BCUT2D eigenvalue weighted by molar-refractivity contribution is 1.28. The number of nitrogens with one attached hydrogen (secondary N) is 2. The second kappa shape index (κ2) is 11.9. The quantitative estimate of drug-likeness (QED) is 0.111. The zero-order valence-electron chi connectivity index (χ0n) is 24.5. The highest BCUT2D eigenvalue weighted by Crippen LogP contribution is 2.44. The number of nitrogen functional groups attached to an aromatic ring is 1. The van der Waals surface area contributed by atoms with Gasteiger partial charge in [0.05, 0.1) is 17.1 Å². The lowest BCUT2D eigenvalue weighted by atomic mass is 9.85. The highest BCUT2D eigenvalue weighted by atomic mass is 14.7. The Bertz CT molecular complexity index is 2240. The molecule has 0 amide bonds. The van der Waals surface area contributed by atoms with Crippen LogP contribution in [0.2, 0.25) is 0 Å². The summed E-state index contributed by atoms with van der Waals surface area (Å²) in [6.45, 7) is 0. The van der Waals surface area contributed by atoms with Crippen LogP contribution in [0.15, 0.2) is 158 Å². The van der Waals surface area contributed by atoms with E-state index < -0.39 is 0 Å². The number of allylic oxidation sites excluding steroid dienone is 4. The predicted molar refractivity (Wildman–Crippen MR) is 191 cm³/mol. The molecule has 0 saturated carbocycles. The van der Waals surface area contributed by atoms with E-state index in [9.17, 15) is 0 Å². The van der Waals surface area contributed by atoms with Crippen molar-refractivity contribution in [2.24, 2.45) is 0 Å². The Morgan fingerprint density at radius 2 is 1.04 bits per heavy atom. The lowest BCUT2D eigenvalue weighted by Crippen LogP contribution is -2.09. The van der Waals surface area contributed by atoms with Crippen LogP contribution in [0.25, 0.3) is 60.1 Å². The molecule has 6 aromatic carbocycles. The minimum atomic E-state index is 0.230. The molecule has 7 aromatic rings. The third-order valence-corrected chi connectivity index (χ3v) is 8.15. The number of fused-ring (bicyclic) bond motifs is 3. The molecule has 4 N–H and O–H groups in total. The Morgan fingerprint density at radius 3 is 1.64 bits per heavy atom. The molecule has 1 heterocycles. The van der Waals surface area contributed by atoms with E-state index in [1.54, 1.807) is 18.3 Å². The maximum atomic E-state index is 7.49. The molecule has 4 heteroatoms. The summed E-state index contributed by atoms with van der Waals surface area (Å²) >= 11 is 0. The molecule has 1 aliphatic rings. The van der Waals surface area contributed by atoms with Gasteiger partial charge < -0.3 is 5.73 Å². The molecule has 0 unspecified atom stereocenters. The molecular weight excluding hydrogens is 548 g/mol. The highest BCUT2D eigenvalue weighted by molar-refractivity contribution is 6.50. The zero-order valence-corrected chi connectivity index (χ0v) is 24.5. The van der Waals surface area contributed by atoms with Crippen LogP contribution in [-0.4, -0.2) is 16.4 Å². The largest absolute Gasteiger partial charge is 0.399 e. The van der Waals surface area contributed by atoms with Crippen LogP contribution in [0.5, 0.6) is 0 Å². The lowest BCUT2D eigenvalue weighted by Gasteiger charge is -2.18. The molecule has 1 aliphatic carbocycles. The summed E-state index contributed by atoms with van der Waals surface area (Å²) in [6, 6.07) is 46.7. The number of anilines is 1. The first kappa shape index (κ1) is 27.7. The third kappa shape index (κ3) is 5.41. The Morgan fingerprint density at radius 1 is 0.489 bits per heavy atom. The SMILES string of the molecule is N=C1C=CC(c2ccccn2)=CC1=N.Nc1ccc(-c2c3ccccc3c(-c3ccc4ccccc4c3)c3ccccc23)cc1. The van der Waals surface area contributed by atoms with Crippen LogP contribution in [0.1, 0.15) is 5.69 Å². The number of nitrogens with two attached hydrogens (primary N) is 1. The Kier molecular flexibility index (Phi) is 7.30. The van der Waals surface area contributed by atoms with Gasteiger partial charge in [0.2, 0.25) is 0 Å². The van der Waals surface area contributed by atoms with Gasteiger partial charge in [0.25, 0.3) is 0 Å². The van der Waals surface area contributed by atoms with Gasteiger partial charge in [-0.3, -0.25) is 15.8 Å². The van der Waals surface area contributed by atoms with Gasteiger partial charge in [0.1, 0.15) is 0 Å². The fourth-order valence-corrected chi connectivity index (χ4v) is 5.98. The fraction of sp³-hybridized carbons (Fsp3) is 0. The van der Waals surface area contributed by atoms with Crippen LogP contribution >= 0.6 is 0 Å². The smallest absolute Gasteiger partial charge is 0.0795 e. The van der Waals surface area contributed by atoms with Crippen molar-refractivity contribution in [3.63, 3.8) is 0 Å². The molecule has 0 saturated heterocycles. The molecule has 8 rings (SSSR count). The van der Waals surface area contributed by atoms with Crippen LogP contribution in [0.3, 0.4) is 0 Å². The van der Waals surface area contributed by atoms with Crippen molar-refractivity contribution in [2.45, 2.75) is 0 Å². The molecule has 0 atom stereocenters. The van der Waals surface area contributed by atoms with Crippen molar-refractivity contribution in [1.29, 1.82) is 10.8 Å². The molecule has 0 aliphatic heterocycles. The van der Waals surface area contributed by atoms with Crippen LogP contribution in [0.4, 0.5) is 5.69 Å². The van der Waals surface area contributed by atoms with E-state index in [1.165, 1.54) is 54.6 Å². The summed E-state index contributed by atoms with van der Waals surface area (Å²) in [6.07, 6.45) is 6.80. The van der Waals surface area contributed by atoms with E-state index in [4.69, 9.17) is 16.6 Å². The third-order valence-electron chi connectivity index (χ3n) is 8.15. The highest BCUT2D eigenvalue weighted by Gasteiger charge is 2.16. The second-order valence-corrected chi connectivity index (χ2v) is 11.0. The number of benzene rings is 6. The van der Waals surface area contributed by atoms with E-state index in [2.05, 4.69) is 108 Å².